The average molecular weight is 448 g/mol. The van der Waals surface area contributed by atoms with Gasteiger partial charge in [0.2, 0.25) is 0 Å². The van der Waals surface area contributed by atoms with Crippen molar-refractivity contribution in [2.45, 2.75) is 52.5 Å². The normalized spacial score (nSPS) is 21.6. The van der Waals surface area contributed by atoms with Crippen LogP contribution in [0.3, 0.4) is 0 Å². The van der Waals surface area contributed by atoms with E-state index < -0.39 is 11.8 Å². The van der Waals surface area contributed by atoms with Gasteiger partial charge in [0.15, 0.2) is 5.11 Å². The van der Waals surface area contributed by atoms with Gasteiger partial charge in [-0.2, -0.15) is 0 Å². The number of fused-ring (bicyclic) bond motifs is 1. The minimum atomic E-state index is -0.468. The van der Waals surface area contributed by atoms with Crippen LogP contribution in [0.15, 0.2) is 42.0 Å². The number of carbonyl (C=O) groups is 2. The van der Waals surface area contributed by atoms with Crippen LogP contribution in [-0.2, 0) is 9.59 Å². The Kier molecular flexibility index (Phi) is 5.45. The van der Waals surface area contributed by atoms with Crippen molar-refractivity contribution in [3.8, 4) is 0 Å². The van der Waals surface area contributed by atoms with Gasteiger partial charge >= 0.3 is 0 Å². The molecule has 0 aliphatic carbocycles. The zero-order valence-electron chi connectivity index (χ0n) is 19.4. The fourth-order valence-electron chi connectivity index (χ4n) is 4.61. The van der Waals surface area contributed by atoms with Crippen molar-refractivity contribution in [2.24, 2.45) is 0 Å². The van der Waals surface area contributed by atoms with E-state index in [9.17, 15) is 9.59 Å². The number of hydrogen-bond acceptors (Lipinski definition) is 4. The summed E-state index contributed by atoms with van der Waals surface area (Å²) in [6, 6.07) is 11.8. The van der Waals surface area contributed by atoms with Crippen molar-refractivity contribution in [3.05, 3.63) is 64.2 Å². The van der Waals surface area contributed by atoms with Gasteiger partial charge in [0.05, 0.1) is 5.69 Å². The number of rotatable bonds is 2. The lowest BCUT2D eigenvalue weighted by atomic mass is 9.80. The fourth-order valence-corrected chi connectivity index (χ4v) is 4.89. The summed E-state index contributed by atoms with van der Waals surface area (Å²) < 4.78 is 0. The lowest BCUT2D eigenvalue weighted by Crippen LogP contribution is -2.54. The van der Waals surface area contributed by atoms with Gasteiger partial charge in [0, 0.05) is 18.3 Å². The summed E-state index contributed by atoms with van der Waals surface area (Å²) in [6.07, 6.45) is 2.70. The molecule has 0 radical (unpaired) electrons. The molecule has 6 heteroatoms. The summed E-state index contributed by atoms with van der Waals surface area (Å²) >= 11 is 5.33. The SMILES string of the molecule is Cc1ccc(N2C(=O)/C(=C/c3ccc4c(c3)[C@@H](C)CC(C)(C)N4C)C(=O)NC2=S)cc1C. The highest BCUT2D eigenvalue weighted by atomic mass is 32.1. The largest absolute Gasteiger partial charge is 0.369 e. The lowest BCUT2D eigenvalue weighted by Gasteiger charge is -2.45. The second-order valence-electron chi connectivity index (χ2n) is 9.52. The van der Waals surface area contributed by atoms with Gasteiger partial charge in [-0.15, -0.1) is 0 Å². The molecule has 0 spiro atoms. The molecule has 0 aromatic heterocycles. The lowest BCUT2D eigenvalue weighted by molar-refractivity contribution is -0.122. The van der Waals surface area contributed by atoms with E-state index in [1.165, 1.54) is 16.2 Å². The standard InChI is InChI=1S/C26H29N3O2S/c1-15-7-9-19(11-16(15)2)29-24(31)21(23(30)27-25(29)32)13-18-8-10-22-20(12-18)17(3)14-26(4,5)28(22)6/h7-13,17H,14H2,1-6H3,(H,27,30,32)/b21-13+/t17-/m0/s1. The Labute approximate surface area is 195 Å². The average Bonchev–Trinajstić information content (AvgIpc) is 2.71. The second kappa shape index (κ2) is 7.85. The summed E-state index contributed by atoms with van der Waals surface area (Å²) in [6.45, 7) is 10.7. The number of nitrogens with zero attached hydrogens (tertiary/aromatic N) is 2. The number of thiocarbonyl (C=S) groups is 1. The van der Waals surface area contributed by atoms with Gasteiger partial charge in [-0.05, 0) is 105 Å². The quantitative estimate of drug-likeness (QED) is 0.406. The molecular weight excluding hydrogens is 418 g/mol. The van der Waals surface area contributed by atoms with Crippen LogP contribution in [0, 0.1) is 13.8 Å². The maximum atomic E-state index is 13.3. The minimum absolute atomic E-state index is 0.0774. The van der Waals surface area contributed by atoms with Crippen molar-refractivity contribution in [2.75, 3.05) is 16.8 Å². The predicted molar refractivity (Wildman–Crippen MR) is 134 cm³/mol. The van der Waals surface area contributed by atoms with Crippen LogP contribution in [0.4, 0.5) is 11.4 Å². The van der Waals surface area contributed by atoms with Crippen molar-refractivity contribution >= 4 is 46.6 Å². The van der Waals surface area contributed by atoms with Gasteiger partial charge < -0.3 is 4.90 Å². The first-order valence-corrected chi connectivity index (χ1v) is 11.3. The monoisotopic (exact) mass is 447 g/mol. The first-order valence-electron chi connectivity index (χ1n) is 10.9. The van der Waals surface area contributed by atoms with Crippen LogP contribution < -0.4 is 15.1 Å². The summed E-state index contributed by atoms with van der Waals surface area (Å²) in [5, 5.41) is 2.77. The van der Waals surface area contributed by atoms with Crippen molar-refractivity contribution in [1.82, 2.24) is 5.32 Å². The molecular formula is C26H29N3O2S. The Balaban J connectivity index is 1.73. The number of benzene rings is 2. The molecule has 2 aromatic rings. The molecule has 2 aromatic carbocycles. The van der Waals surface area contributed by atoms with Gasteiger partial charge in [0.25, 0.3) is 11.8 Å². The molecule has 1 saturated heterocycles. The van der Waals surface area contributed by atoms with E-state index in [2.05, 4.69) is 50.2 Å². The number of aryl methyl sites for hydroxylation is 2. The van der Waals surface area contributed by atoms with E-state index in [0.717, 1.165) is 23.1 Å². The molecule has 0 bridgehead atoms. The van der Waals surface area contributed by atoms with Crippen LogP contribution in [0.25, 0.3) is 6.08 Å². The number of anilines is 2. The number of nitrogens with one attached hydrogen (secondary N) is 1. The second-order valence-corrected chi connectivity index (χ2v) is 9.91. The molecule has 32 heavy (non-hydrogen) atoms. The van der Waals surface area contributed by atoms with Gasteiger partial charge in [-0.3, -0.25) is 19.8 Å². The predicted octanol–water partition coefficient (Wildman–Crippen LogP) is 4.86. The molecule has 166 valence electrons. The van der Waals surface area contributed by atoms with Crippen LogP contribution >= 0.6 is 12.2 Å². The van der Waals surface area contributed by atoms with E-state index >= 15 is 0 Å². The topological polar surface area (TPSA) is 52.7 Å². The Morgan fingerprint density at radius 1 is 1.09 bits per heavy atom. The molecule has 4 rings (SSSR count). The summed E-state index contributed by atoms with van der Waals surface area (Å²) in [4.78, 5) is 29.7. The highest BCUT2D eigenvalue weighted by Gasteiger charge is 2.36. The molecule has 1 atom stereocenters. The van der Waals surface area contributed by atoms with E-state index in [-0.39, 0.29) is 16.2 Å². The Hall–Kier alpha value is -2.99. The summed E-state index contributed by atoms with van der Waals surface area (Å²) in [5.41, 5.74) is 6.23. The molecule has 1 N–H and O–H groups in total. The van der Waals surface area contributed by atoms with E-state index in [4.69, 9.17) is 12.2 Å². The van der Waals surface area contributed by atoms with E-state index in [1.807, 2.05) is 38.1 Å². The molecule has 1 fully saturated rings. The van der Waals surface area contributed by atoms with Gasteiger partial charge in [-0.25, -0.2) is 0 Å². The fraction of sp³-hybridized carbons (Fsp3) is 0.346. The molecule has 2 amide bonds. The highest BCUT2D eigenvalue weighted by molar-refractivity contribution is 7.80. The van der Waals surface area contributed by atoms with Gasteiger partial charge in [-0.1, -0.05) is 19.1 Å². The van der Waals surface area contributed by atoms with Crippen LogP contribution in [0.1, 0.15) is 55.4 Å². The highest BCUT2D eigenvalue weighted by Crippen LogP contribution is 2.42. The van der Waals surface area contributed by atoms with Crippen molar-refractivity contribution < 1.29 is 9.59 Å². The molecule has 2 heterocycles. The van der Waals surface area contributed by atoms with Crippen molar-refractivity contribution in [3.63, 3.8) is 0 Å². The minimum Gasteiger partial charge on any atom is -0.369 e. The third-order valence-corrected chi connectivity index (χ3v) is 7.10. The Morgan fingerprint density at radius 2 is 1.81 bits per heavy atom. The maximum Gasteiger partial charge on any atom is 0.270 e. The van der Waals surface area contributed by atoms with Gasteiger partial charge in [0.1, 0.15) is 5.57 Å². The molecule has 2 aliphatic rings. The summed E-state index contributed by atoms with van der Waals surface area (Å²) in [5.74, 6) is -0.500. The number of carbonyl (C=O) groups excluding carboxylic acids is 2. The maximum absolute atomic E-state index is 13.3. The Bertz CT molecular complexity index is 1180. The van der Waals surface area contributed by atoms with E-state index in [1.54, 1.807) is 6.08 Å². The first kappa shape index (κ1) is 22.2. The molecule has 5 nitrogen and oxygen atoms in total. The first-order chi connectivity index (χ1) is 15.0. The number of hydrogen-bond donors (Lipinski definition) is 1. The van der Waals surface area contributed by atoms with Crippen LogP contribution in [-0.4, -0.2) is 29.5 Å². The zero-order valence-corrected chi connectivity index (χ0v) is 20.3. The summed E-state index contributed by atoms with van der Waals surface area (Å²) in [7, 11) is 2.11. The molecule has 2 aliphatic heterocycles. The molecule has 0 unspecified atom stereocenters. The third-order valence-electron chi connectivity index (χ3n) is 6.82. The van der Waals surface area contributed by atoms with Crippen LogP contribution in [0.5, 0.6) is 0 Å². The number of amides is 2. The zero-order chi connectivity index (χ0) is 23.4. The van der Waals surface area contributed by atoms with Crippen molar-refractivity contribution in [1.29, 1.82) is 0 Å². The van der Waals surface area contributed by atoms with E-state index in [0.29, 0.717) is 11.6 Å². The smallest absolute Gasteiger partial charge is 0.270 e. The Morgan fingerprint density at radius 3 is 2.50 bits per heavy atom. The third kappa shape index (κ3) is 3.73. The molecule has 0 saturated carbocycles. The van der Waals surface area contributed by atoms with Crippen LogP contribution in [0.2, 0.25) is 0 Å².